The predicted molar refractivity (Wildman–Crippen MR) is 91.1 cm³/mol. The number of aryl methyl sites for hydroxylation is 2. The third-order valence-electron chi connectivity index (χ3n) is 3.61. The second kappa shape index (κ2) is 8.22. The smallest absolute Gasteiger partial charge is 0.224 e. The van der Waals surface area contributed by atoms with E-state index in [9.17, 15) is 4.79 Å². The maximum atomic E-state index is 12.0. The van der Waals surface area contributed by atoms with E-state index in [2.05, 4.69) is 17.4 Å². The van der Waals surface area contributed by atoms with Crippen molar-refractivity contribution in [2.75, 3.05) is 20.3 Å². The molecule has 0 bridgehead atoms. The van der Waals surface area contributed by atoms with E-state index in [-0.39, 0.29) is 5.91 Å². The Bertz CT molecular complexity index is 650. The van der Waals surface area contributed by atoms with Crippen molar-refractivity contribution in [1.82, 2.24) is 5.32 Å². The average molecular weight is 313 g/mol. The summed E-state index contributed by atoms with van der Waals surface area (Å²) in [6, 6.07) is 13.5. The van der Waals surface area contributed by atoms with Crippen molar-refractivity contribution in [3.8, 4) is 11.5 Å². The molecule has 4 nitrogen and oxygen atoms in total. The van der Waals surface area contributed by atoms with Crippen molar-refractivity contribution in [3.63, 3.8) is 0 Å². The van der Waals surface area contributed by atoms with Gasteiger partial charge >= 0.3 is 0 Å². The van der Waals surface area contributed by atoms with Gasteiger partial charge in [0.15, 0.2) is 0 Å². The Kier molecular flexibility index (Phi) is 6.03. The largest absolute Gasteiger partial charge is 0.497 e. The predicted octanol–water partition coefficient (Wildman–Crippen LogP) is 3.05. The highest BCUT2D eigenvalue weighted by molar-refractivity contribution is 5.78. The van der Waals surface area contributed by atoms with Gasteiger partial charge in [0.05, 0.1) is 20.1 Å². The van der Waals surface area contributed by atoms with Crippen molar-refractivity contribution in [1.29, 1.82) is 0 Å². The molecule has 0 radical (unpaired) electrons. The number of ether oxygens (including phenoxy) is 2. The van der Waals surface area contributed by atoms with Crippen molar-refractivity contribution < 1.29 is 14.3 Å². The zero-order valence-corrected chi connectivity index (χ0v) is 13.9. The minimum Gasteiger partial charge on any atom is -0.497 e. The number of carbonyl (C=O) groups excluding carboxylic acids is 1. The van der Waals surface area contributed by atoms with Gasteiger partial charge in [0, 0.05) is 0 Å². The Morgan fingerprint density at radius 2 is 1.74 bits per heavy atom. The van der Waals surface area contributed by atoms with Crippen LogP contribution in [0.2, 0.25) is 0 Å². The highest BCUT2D eigenvalue weighted by Crippen LogP contribution is 2.16. The van der Waals surface area contributed by atoms with E-state index in [4.69, 9.17) is 9.47 Å². The molecule has 1 N–H and O–H groups in total. The SMILES string of the molecule is COc1ccc(OCCNC(=O)Cc2cc(C)ccc2C)cc1. The first-order valence-corrected chi connectivity index (χ1v) is 7.68. The van der Waals surface area contributed by atoms with Crippen molar-refractivity contribution >= 4 is 5.91 Å². The molecule has 23 heavy (non-hydrogen) atoms. The van der Waals surface area contributed by atoms with Gasteiger partial charge in [0.1, 0.15) is 18.1 Å². The summed E-state index contributed by atoms with van der Waals surface area (Å²) < 4.78 is 10.7. The van der Waals surface area contributed by atoms with Crippen molar-refractivity contribution in [2.24, 2.45) is 0 Å². The number of carbonyl (C=O) groups is 1. The minimum atomic E-state index is 0.0111. The van der Waals surface area contributed by atoms with Crippen LogP contribution < -0.4 is 14.8 Å². The summed E-state index contributed by atoms with van der Waals surface area (Å²) >= 11 is 0. The molecule has 0 spiro atoms. The highest BCUT2D eigenvalue weighted by Gasteiger charge is 2.06. The Labute approximate surface area is 137 Å². The van der Waals surface area contributed by atoms with Crippen LogP contribution in [0.1, 0.15) is 16.7 Å². The van der Waals surface area contributed by atoms with Gasteiger partial charge in [-0.05, 0) is 49.2 Å². The molecule has 2 rings (SSSR count). The molecule has 0 saturated carbocycles. The lowest BCUT2D eigenvalue weighted by Crippen LogP contribution is -2.29. The van der Waals surface area contributed by atoms with E-state index >= 15 is 0 Å². The number of benzene rings is 2. The molecule has 0 aliphatic heterocycles. The van der Waals surface area contributed by atoms with Gasteiger partial charge in [-0.25, -0.2) is 0 Å². The Balaban J connectivity index is 1.73. The molecular formula is C19H23NO3. The van der Waals surface area contributed by atoms with E-state index in [1.54, 1.807) is 7.11 Å². The van der Waals surface area contributed by atoms with Crippen LogP contribution in [0.15, 0.2) is 42.5 Å². The van der Waals surface area contributed by atoms with Crippen LogP contribution in [-0.2, 0) is 11.2 Å². The molecule has 0 saturated heterocycles. The van der Waals surface area contributed by atoms with Gasteiger partial charge in [0.25, 0.3) is 0 Å². The number of rotatable bonds is 7. The molecule has 0 aromatic heterocycles. The fraction of sp³-hybridized carbons (Fsp3) is 0.316. The summed E-state index contributed by atoms with van der Waals surface area (Å²) in [5.74, 6) is 1.56. The number of nitrogens with one attached hydrogen (secondary N) is 1. The Morgan fingerprint density at radius 3 is 2.43 bits per heavy atom. The normalized spacial score (nSPS) is 10.2. The third-order valence-corrected chi connectivity index (χ3v) is 3.61. The molecule has 2 aromatic rings. The number of methoxy groups -OCH3 is 1. The first-order chi connectivity index (χ1) is 11.1. The Morgan fingerprint density at radius 1 is 1.04 bits per heavy atom. The van der Waals surface area contributed by atoms with Crippen LogP contribution in [0.3, 0.4) is 0 Å². The minimum absolute atomic E-state index is 0.0111. The van der Waals surface area contributed by atoms with E-state index in [0.29, 0.717) is 19.6 Å². The molecule has 1 amide bonds. The van der Waals surface area contributed by atoms with Crippen molar-refractivity contribution in [2.45, 2.75) is 20.3 Å². The van der Waals surface area contributed by atoms with Gasteiger partial charge in [-0.2, -0.15) is 0 Å². The van der Waals surface area contributed by atoms with Gasteiger partial charge in [0.2, 0.25) is 5.91 Å². The summed E-state index contributed by atoms with van der Waals surface area (Å²) in [6.07, 6.45) is 0.399. The lowest BCUT2D eigenvalue weighted by atomic mass is 10.0. The fourth-order valence-corrected chi connectivity index (χ4v) is 2.26. The van der Waals surface area contributed by atoms with Gasteiger partial charge in [-0.1, -0.05) is 23.8 Å². The second-order valence-electron chi connectivity index (χ2n) is 5.48. The van der Waals surface area contributed by atoms with Crippen LogP contribution >= 0.6 is 0 Å². The van der Waals surface area contributed by atoms with Crippen LogP contribution in [0.5, 0.6) is 11.5 Å². The number of hydrogen-bond donors (Lipinski definition) is 1. The quantitative estimate of drug-likeness (QED) is 0.799. The van der Waals surface area contributed by atoms with Crippen LogP contribution in [-0.4, -0.2) is 26.2 Å². The van der Waals surface area contributed by atoms with Crippen molar-refractivity contribution in [3.05, 3.63) is 59.2 Å². The molecule has 2 aromatic carbocycles. The zero-order valence-electron chi connectivity index (χ0n) is 13.9. The monoisotopic (exact) mass is 313 g/mol. The first-order valence-electron chi connectivity index (χ1n) is 7.68. The molecular weight excluding hydrogens is 290 g/mol. The number of amides is 1. The summed E-state index contributed by atoms with van der Waals surface area (Å²) in [5, 5.41) is 2.88. The molecule has 0 unspecified atom stereocenters. The summed E-state index contributed by atoms with van der Waals surface area (Å²) in [5.41, 5.74) is 3.38. The summed E-state index contributed by atoms with van der Waals surface area (Å²) in [7, 11) is 1.63. The van der Waals surface area contributed by atoms with Gasteiger partial charge in [-0.15, -0.1) is 0 Å². The maximum absolute atomic E-state index is 12.0. The second-order valence-corrected chi connectivity index (χ2v) is 5.48. The maximum Gasteiger partial charge on any atom is 0.224 e. The zero-order chi connectivity index (χ0) is 16.7. The molecule has 0 aliphatic carbocycles. The number of hydrogen-bond acceptors (Lipinski definition) is 3. The van der Waals surface area contributed by atoms with Crippen LogP contribution in [0.25, 0.3) is 0 Å². The van der Waals surface area contributed by atoms with Crippen LogP contribution in [0, 0.1) is 13.8 Å². The molecule has 122 valence electrons. The highest BCUT2D eigenvalue weighted by atomic mass is 16.5. The molecule has 4 heteroatoms. The average Bonchev–Trinajstić information content (AvgIpc) is 2.55. The lowest BCUT2D eigenvalue weighted by molar-refractivity contribution is -0.120. The first kappa shape index (κ1) is 16.9. The third kappa shape index (κ3) is 5.33. The molecule has 0 heterocycles. The standard InChI is InChI=1S/C19H23NO3/c1-14-4-5-15(2)16(12-14)13-19(21)20-10-11-23-18-8-6-17(22-3)7-9-18/h4-9,12H,10-11,13H2,1-3H3,(H,20,21). The molecule has 0 atom stereocenters. The van der Waals surface area contributed by atoms with E-state index < -0.39 is 0 Å². The van der Waals surface area contributed by atoms with E-state index in [0.717, 1.165) is 22.6 Å². The van der Waals surface area contributed by atoms with E-state index in [1.165, 1.54) is 5.56 Å². The molecule has 0 aliphatic rings. The molecule has 0 fully saturated rings. The van der Waals surface area contributed by atoms with Crippen LogP contribution in [0.4, 0.5) is 0 Å². The summed E-state index contributed by atoms with van der Waals surface area (Å²) in [6.45, 7) is 4.97. The van der Waals surface area contributed by atoms with Gasteiger partial charge < -0.3 is 14.8 Å². The topological polar surface area (TPSA) is 47.6 Å². The van der Waals surface area contributed by atoms with Gasteiger partial charge in [-0.3, -0.25) is 4.79 Å². The fourth-order valence-electron chi connectivity index (χ4n) is 2.26. The lowest BCUT2D eigenvalue weighted by Gasteiger charge is -2.10. The van der Waals surface area contributed by atoms with E-state index in [1.807, 2.05) is 44.2 Å². The Hall–Kier alpha value is -2.49. The summed E-state index contributed by atoms with van der Waals surface area (Å²) in [4.78, 5) is 12.0.